The Bertz CT molecular complexity index is 1120. The van der Waals surface area contributed by atoms with Crippen LogP contribution in [0.2, 0.25) is 0 Å². The Morgan fingerprint density at radius 3 is 2.50 bits per heavy atom. The minimum Gasteiger partial charge on any atom is -0.350 e. The molecule has 1 aliphatic rings. The van der Waals surface area contributed by atoms with Crippen LogP contribution < -0.4 is 9.21 Å². The minimum absolute atomic E-state index is 0.185. The fourth-order valence-electron chi connectivity index (χ4n) is 3.64. The maximum absolute atomic E-state index is 13.1. The Balaban J connectivity index is 1.57. The highest BCUT2D eigenvalue weighted by atomic mass is 32.2. The molecule has 1 aliphatic heterocycles. The van der Waals surface area contributed by atoms with Crippen LogP contribution >= 0.6 is 0 Å². The van der Waals surface area contributed by atoms with E-state index in [0.29, 0.717) is 18.8 Å². The van der Waals surface area contributed by atoms with Gasteiger partial charge in [0.15, 0.2) is 0 Å². The number of benzene rings is 1. The van der Waals surface area contributed by atoms with Crippen molar-refractivity contribution in [3.63, 3.8) is 0 Å². The number of aromatic nitrogens is 3. The van der Waals surface area contributed by atoms with Crippen LogP contribution in [0.25, 0.3) is 0 Å². The first-order valence-electron chi connectivity index (χ1n) is 10.2. The van der Waals surface area contributed by atoms with Crippen LogP contribution in [0.5, 0.6) is 0 Å². The van der Waals surface area contributed by atoms with Gasteiger partial charge in [-0.15, -0.1) is 0 Å². The smallest absolute Gasteiger partial charge is 0.265 e. The van der Waals surface area contributed by atoms with Crippen molar-refractivity contribution in [1.29, 1.82) is 0 Å². The van der Waals surface area contributed by atoms with Gasteiger partial charge in [-0.3, -0.25) is 4.31 Å². The number of anilines is 2. The van der Waals surface area contributed by atoms with E-state index < -0.39 is 10.0 Å². The number of pyridine rings is 1. The third-order valence-corrected chi connectivity index (χ3v) is 7.16. The van der Waals surface area contributed by atoms with Crippen molar-refractivity contribution in [1.82, 2.24) is 15.0 Å². The second-order valence-corrected chi connectivity index (χ2v) is 9.00. The highest BCUT2D eigenvalue weighted by Gasteiger charge is 2.25. The lowest BCUT2D eigenvalue weighted by molar-refractivity contribution is 0.591. The molecule has 0 radical (unpaired) electrons. The van der Waals surface area contributed by atoms with Gasteiger partial charge < -0.3 is 4.90 Å². The molecule has 0 fully saturated rings. The number of sulfonamides is 1. The van der Waals surface area contributed by atoms with E-state index in [0.717, 1.165) is 36.7 Å². The number of nitrogens with zero attached hydrogens (tertiary/aromatic N) is 5. The Labute approximate surface area is 177 Å². The Morgan fingerprint density at radius 2 is 1.83 bits per heavy atom. The lowest BCUT2D eigenvalue weighted by atomic mass is 10.1. The molecular formula is C22H25N5O2S. The molecule has 0 saturated heterocycles. The topological polar surface area (TPSA) is 79.3 Å². The predicted molar refractivity (Wildman–Crippen MR) is 117 cm³/mol. The zero-order valence-electron chi connectivity index (χ0n) is 17.2. The molecule has 0 N–H and O–H groups in total. The Morgan fingerprint density at radius 1 is 1.03 bits per heavy atom. The standard InChI is InChI=1S/C22H25N5O2S/c1-3-21-23-14-17-12-13-26(16-20(17)25-21)22-11-10-19(15-24-22)30(28,29)27(4-2)18-8-6-5-7-9-18/h5-11,14-15H,3-4,12-13,16H2,1-2H3. The zero-order chi connectivity index (χ0) is 21.1. The summed E-state index contributed by atoms with van der Waals surface area (Å²) in [5.41, 5.74) is 2.83. The fraction of sp³-hybridized carbons (Fsp3) is 0.318. The third kappa shape index (κ3) is 3.87. The molecule has 0 unspecified atom stereocenters. The van der Waals surface area contributed by atoms with Crippen molar-refractivity contribution in [2.24, 2.45) is 0 Å². The molecule has 0 bridgehead atoms. The summed E-state index contributed by atoms with van der Waals surface area (Å²) >= 11 is 0. The van der Waals surface area contributed by atoms with Gasteiger partial charge in [-0.05, 0) is 43.2 Å². The van der Waals surface area contributed by atoms with Gasteiger partial charge in [0.25, 0.3) is 10.0 Å². The van der Waals surface area contributed by atoms with E-state index in [2.05, 4.69) is 19.9 Å². The Kier molecular flexibility index (Phi) is 5.67. The summed E-state index contributed by atoms with van der Waals surface area (Å²) in [4.78, 5) is 15.8. The highest BCUT2D eigenvalue weighted by Crippen LogP contribution is 2.26. The van der Waals surface area contributed by atoms with Crippen LogP contribution in [-0.2, 0) is 29.4 Å². The largest absolute Gasteiger partial charge is 0.350 e. The van der Waals surface area contributed by atoms with Crippen LogP contribution in [0.3, 0.4) is 0 Å². The molecule has 0 atom stereocenters. The second kappa shape index (κ2) is 8.39. The molecule has 4 rings (SSSR count). The van der Waals surface area contributed by atoms with E-state index in [1.54, 1.807) is 24.3 Å². The van der Waals surface area contributed by atoms with E-state index in [-0.39, 0.29) is 4.90 Å². The summed E-state index contributed by atoms with van der Waals surface area (Å²) in [5, 5.41) is 0. The zero-order valence-corrected chi connectivity index (χ0v) is 18.0. The average molecular weight is 424 g/mol. The van der Waals surface area contributed by atoms with E-state index >= 15 is 0 Å². The van der Waals surface area contributed by atoms with E-state index in [9.17, 15) is 8.42 Å². The van der Waals surface area contributed by atoms with Gasteiger partial charge in [0, 0.05) is 31.9 Å². The van der Waals surface area contributed by atoms with Crippen molar-refractivity contribution >= 4 is 21.5 Å². The van der Waals surface area contributed by atoms with Crippen molar-refractivity contribution in [3.05, 3.63) is 71.9 Å². The SMILES string of the molecule is CCc1ncc2c(n1)CN(c1ccc(S(=O)(=O)N(CC)c3ccccc3)cn1)CC2. The third-order valence-electron chi connectivity index (χ3n) is 5.28. The van der Waals surface area contributed by atoms with Crippen LogP contribution in [0, 0.1) is 0 Å². The first kappa shape index (κ1) is 20.3. The van der Waals surface area contributed by atoms with Crippen molar-refractivity contribution in [2.75, 3.05) is 22.3 Å². The quantitative estimate of drug-likeness (QED) is 0.606. The van der Waals surface area contributed by atoms with Gasteiger partial charge in [-0.1, -0.05) is 25.1 Å². The molecule has 156 valence electrons. The number of fused-ring (bicyclic) bond motifs is 1. The van der Waals surface area contributed by atoms with Crippen LogP contribution in [0.4, 0.5) is 11.5 Å². The lowest BCUT2D eigenvalue weighted by Gasteiger charge is -2.29. The van der Waals surface area contributed by atoms with Crippen LogP contribution in [0.1, 0.15) is 30.9 Å². The summed E-state index contributed by atoms with van der Waals surface area (Å²) in [6, 6.07) is 12.5. The first-order chi connectivity index (χ1) is 14.5. The van der Waals surface area contributed by atoms with Gasteiger partial charge in [0.2, 0.25) is 0 Å². The number of aryl methyl sites for hydroxylation is 1. The summed E-state index contributed by atoms with van der Waals surface area (Å²) in [6.45, 7) is 5.65. The molecule has 0 saturated carbocycles. The van der Waals surface area contributed by atoms with Crippen molar-refractivity contribution in [3.8, 4) is 0 Å². The van der Waals surface area contributed by atoms with Crippen molar-refractivity contribution < 1.29 is 8.42 Å². The summed E-state index contributed by atoms with van der Waals surface area (Å²) in [7, 11) is -3.68. The van der Waals surface area contributed by atoms with Gasteiger partial charge in [-0.25, -0.2) is 23.4 Å². The van der Waals surface area contributed by atoms with Crippen LogP contribution in [0.15, 0.2) is 59.8 Å². The molecule has 0 aliphatic carbocycles. The van der Waals surface area contributed by atoms with Gasteiger partial charge in [-0.2, -0.15) is 0 Å². The average Bonchev–Trinajstić information content (AvgIpc) is 2.79. The number of para-hydroxylation sites is 1. The fourth-order valence-corrected chi connectivity index (χ4v) is 5.05. The van der Waals surface area contributed by atoms with E-state index in [1.165, 1.54) is 16.1 Å². The second-order valence-electron chi connectivity index (χ2n) is 7.14. The number of rotatable bonds is 6. The molecule has 30 heavy (non-hydrogen) atoms. The lowest BCUT2D eigenvalue weighted by Crippen LogP contribution is -2.33. The maximum atomic E-state index is 13.1. The summed E-state index contributed by atoms with van der Waals surface area (Å²) < 4.78 is 27.7. The van der Waals surface area contributed by atoms with Crippen molar-refractivity contribution in [2.45, 2.75) is 38.1 Å². The predicted octanol–water partition coefficient (Wildman–Crippen LogP) is 3.21. The molecule has 2 aromatic heterocycles. The summed E-state index contributed by atoms with van der Waals surface area (Å²) in [6.07, 6.45) is 5.01. The van der Waals surface area contributed by atoms with Gasteiger partial charge in [0.05, 0.1) is 17.9 Å². The molecule has 3 heterocycles. The van der Waals surface area contributed by atoms with Gasteiger partial charge in [0.1, 0.15) is 16.5 Å². The normalized spacial score (nSPS) is 13.7. The van der Waals surface area contributed by atoms with Crippen LogP contribution in [-0.4, -0.2) is 36.5 Å². The minimum atomic E-state index is -3.68. The molecule has 0 amide bonds. The molecule has 1 aromatic carbocycles. The maximum Gasteiger partial charge on any atom is 0.265 e. The van der Waals surface area contributed by atoms with Gasteiger partial charge >= 0.3 is 0 Å². The van der Waals surface area contributed by atoms with E-state index in [1.807, 2.05) is 38.2 Å². The molecule has 8 heteroatoms. The van der Waals surface area contributed by atoms with E-state index in [4.69, 9.17) is 0 Å². The molecular weight excluding hydrogens is 398 g/mol. The first-order valence-corrected chi connectivity index (χ1v) is 11.6. The Hall–Kier alpha value is -3.00. The molecule has 0 spiro atoms. The molecule has 3 aromatic rings. The molecule has 7 nitrogen and oxygen atoms in total. The monoisotopic (exact) mass is 423 g/mol. The number of hydrogen-bond acceptors (Lipinski definition) is 6. The number of hydrogen-bond donors (Lipinski definition) is 0. The highest BCUT2D eigenvalue weighted by molar-refractivity contribution is 7.92. The summed E-state index contributed by atoms with van der Waals surface area (Å²) in [5.74, 6) is 1.59.